The van der Waals surface area contributed by atoms with Crippen LogP contribution in [0.15, 0.2) is 12.3 Å². The number of amides is 2. The van der Waals surface area contributed by atoms with Crippen LogP contribution in [-0.4, -0.2) is 43.9 Å². The lowest BCUT2D eigenvalue weighted by Gasteiger charge is -2.22. The molecule has 1 aliphatic heterocycles. The molecule has 1 saturated carbocycles. The van der Waals surface area contributed by atoms with Gasteiger partial charge in [0.15, 0.2) is 9.84 Å². The number of hydrogen-bond acceptors (Lipinski definition) is 3. The van der Waals surface area contributed by atoms with Gasteiger partial charge in [0.25, 0.3) is 0 Å². The molecule has 1 N–H and O–H groups in total. The van der Waals surface area contributed by atoms with Gasteiger partial charge in [-0.3, -0.25) is 0 Å². The maximum Gasteiger partial charge on any atom is 0.321 e. The lowest BCUT2D eigenvalue weighted by atomic mass is 10.1. The van der Waals surface area contributed by atoms with Crippen LogP contribution in [0.25, 0.3) is 0 Å². The lowest BCUT2D eigenvalue weighted by Crippen LogP contribution is -2.42. The Balaban J connectivity index is 1.79. The second-order valence-corrected chi connectivity index (χ2v) is 7.75. The van der Waals surface area contributed by atoms with Crippen LogP contribution in [0.3, 0.4) is 0 Å². The molecule has 19 heavy (non-hydrogen) atoms. The third-order valence-corrected chi connectivity index (χ3v) is 5.80. The van der Waals surface area contributed by atoms with E-state index in [-0.39, 0.29) is 23.6 Å². The number of nitrogens with one attached hydrogen (secondary N) is 1. The number of sulfone groups is 1. The van der Waals surface area contributed by atoms with Gasteiger partial charge in [0, 0.05) is 19.3 Å². The van der Waals surface area contributed by atoms with Crippen LogP contribution < -0.4 is 5.32 Å². The highest BCUT2D eigenvalue weighted by Gasteiger charge is 2.32. The van der Waals surface area contributed by atoms with Gasteiger partial charge in [0.1, 0.15) is 0 Å². The van der Waals surface area contributed by atoms with E-state index in [1.807, 2.05) is 6.08 Å². The fraction of sp³-hybridized carbons (Fsp3) is 0.769. The van der Waals surface area contributed by atoms with Crippen molar-refractivity contribution in [3.05, 3.63) is 12.3 Å². The van der Waals surface area contributed by atoms with E-state index in [0.717, 1.165) is 0 Å². The number of carbonyl (C=O) groups excluding carboxylic acids is 1. The standard InChI is InChI=1S/C13H22N2O3S/c1-15(12-7-9-19(17,18)10-12)13(16)14-8-6-11-4-2-3-5-11/h6,8,11-12H,2-5,7,9-10H2,1H3,(H,14,16)/b8-6+. The van der Waals surface area contributed by atoms with Crippen molar-refractivity contribution in [1.82, 2.24) is 10.2 Å². The van der Waals surface area contributed by atoms with Crippen LogP contribution in [0, 0.1) is 5.92 Å². The van der Waals surface area contributed by atoms with E-state index in [1.54, 1.807) is 13.2 Å². The molecule has 1 atom stereocenters. The van der Waals surface area contributed by atoms with Crippen molar-refractivity contribution in [2.75, 3.05) is 18.6 Å². The van der Waals surface area contributed by atoms with Crippen LogP contribution in [0.2, 0.25) is 0 Å². The molecule has 0 radical (unpaired) electrons. The minimum Gasteiger partial charge on any atom is -0.324 e. The molecule has 2 fully saturated rings. The summed E-state index contributed by atoms with van der Waals surface area (Å²) in [6.45, 7) is 0. The zero-order valence-electron chi connectivity index (χ0n) is 11.3. The number of rotatable bonds is 3. The van der Waals surface area contributed by atoms with Gasteiger partial charge in [-0.2, -0.15) is 0 Å². The van der Waals surface area contributed by atoms with E-state index >= 15 is 0 Å². The van der Waals surface area contributed by atoms with Crippen molar-refractivity contribution in [3.63, 3.8) is 0 Å². The van der Waals surface area contributed by atoms with E-state index in [1.165, 1.54) is 30.6 Å². The first kappa shape index (κ1) is 14.4. The molecule has 2 rings (SSSR count). The SMILES string of the molecule is CN(C(=O)N/C=C/C1CCCC1)C1CCS(=O)(=O)C1. The summed E-state index contributed by atoms with van der Waals surface area (Å²) in [7, 11) is -1.29. The van der Waals surface area contributed by atoms with Gasteiger partial charge in [-0.1, -0.05) is 18.9 Å². The molecule has 0 spiro atoms. The zero-order valence-corrected chi connectivity index (χ0v) is 12.2. The molecule has 1 heterocycles. The molecule has 6 heteroatoms. The Hall–Kier alpha value is -1.04. The molecule has 108 valence electrons. The summed E-state index contributed by atoms with van der Waals surface area (Å²) >= 11 is 0. The maximum atomic E-state index is 11.9. The highest BCUT2D eigenvalue weighted by atomic mass is 32.2. The van der Waals surface area contributed by atoms with Crippen LogP contribution in [0.1, 0.15) is 32.1 Å². The predicted molar refractivity (Wildman–Crippen MR) is 74.5 cm³/mol. The first-order valence-corrected chi connectivity index (χ1v) is 8.70. The minimum absolute atomic E-state index is 0.0866. The van der Waals surface area contributed by atoms with E-state index in [2.05, 4.69) is 5.32 Å². The molecule has 0 bridgehead atoms. The Morgan fingerprint density at radius 1 is 1.26 bits per heavy atom. The Kier molecular flexibility index (Phi) is 4.50. The fourth-order valence-corrected chi connectivity index (χ4v) is 4.53. The summed E-state index contributed by atoms with van der Waals surface area (Å²) in [6.07, 6.45) is 9.22. The molecule has 1 saturated heterocycles. The number of allylic oxidation sites excluding steroid dienone is 1. The largest absolute Gasteiger partial charge is 0.324 e. The highest BCUT2D eigenvalue weighted by molar-refractivity contribution is 7.91. The quantitative estimate of drug-likeness (QED) is 0.855. The van der Waals surface area contributed by atoms with Crippen molar-refractivity contribution < 1.29 is 13.2 Å². The Morgan fingerprint density at radius 2 is 1.95 bits per heavy atom. The molecule has 2 aliphatic rings. The predicted octanol–water partition coefficient (Wildman–Crippen LogP) is 1.52. The smallest absolute Gasteiger partial charge is 0.321 e. The Bertz CT molecular complexity index is 453. The van der Waals surface area contributed by atoms with Crippen molar-refractivity contribution in [2.24, 2.45) is 5.92 Å². The summed E-state index contributed by atoms with van der Waals surface area (Å²) in [5.41, 5.74) is 0. The van der Waals surface area contributed by atoms with Gasteiger partial charge in [-0.05, 0) is 25.2 Å². The van der Waals surface area contributed by atoms with Crippen LogP contribution in [0.5, 0.6) is 0 Å². The van der Waals surface area contributed by atoms with Gasteiger partial charge < -0.3 is 10.2 Å². The molecule has 0 aromatic heterocycles. The summed E-state index contributed by atoms with van der Waals surface area (Å²) in [4.78, 5) is 13.4. The lowest BCUT2D eigenvalue weighted by molar-refractivity contribution is 0.199. The molecule has 1 unspecified atom stereocenters. The summed E-state index contributed by atoms with van der Waals surface area (Å²) < 4.78 is 22.8. The first-order valence-electron chi connectivity index (χ1n) is 6.88. The van der Waals surface area contributed by atoms with Gasteiger partial charge in [-0.15, -0.1) is 0 Å². The van der Waals surface area contributed by atoms with Crippen molar-refractivity contribution in [3.8, 4) is 0 Å². The average Bonchev–Trinajstić information content (AvgIpc) is 2.97. The van der Waals surface area contributed by atoms with Crippen LogP contribution in [-0.2, 0) is 9.84 Å². The van der Waals surface area contributed by atoms with Crippen LogP contribution in [0.4, 0.5) is 4.79 Å². The Labute approximate surface area is 115 Å². The van der Waals surface area contributed by atoms with Crippen LogP contribution >= 0.6 is 0 Å². The van der Waals surface area contributed by atoms with Gasteiger partial charge >= 0.3 is 6.03 Å². The van der Waals surface area contributed by atoms with E-state index in [4.69, 9.17) is 0 Å². The van der Waals surface area contributed by atoms with Crippen molar-refractivity contribution in [2.45, 2.75) is 38.1 Å². The molecule has 0 aromatic rings. The first-order chi connectivity index (χ1) is 8.98. The summed E-state index contributed by atoms with van der Waals surface area (Å²) in [5.74, 6) is 0.855. The molecule has 5 nitrogen and oxygen atoms in total. The zero-order chi connectivity index (χ0) is 13.9. The van der Waals surface area contributed by atoms with E-state index < -0.39 is 9.84 Å². The van der Waals surface area contributed by atoms with E-state index in [9.17, 15) is 13.2 Å². The van der Waals surface area contributed by atoms with Crippen molar-refractivity contribution >= 4 is 15.9 Å². The molecule has 1 aliphatic carbocycles. The minimum atomic E-state index is -2.95. The average molecular weight is 286 g/mol. The molecular weight excluding hydrogens is 264 g/mol. The van der Waals surface area contributed by atoms with Gasteiger partial charge in [0.05, 0.1) is 11.5 Å². The summed E-state index contributed by atoms with van der Waals surface area (Å²) in [6, 6.07) is -0.416. The number of hydrogen-bond donors (Lipinski definition) is 1. The monoisotopic (exact) mass is 286 g/mol. The number of urea groups is 1. The maximum absolute atomic E-state index is 11.9. The normalized spacial score (nSPS) is 26.9. The highest BCUT2D eigenvalue weighted by Crippen LogP contribution is 2.25. The molecular formula is C13H22N2O3S. The second kappa shape index (κ2) is 5.94. The fourth-order valence-electron chi connectivity index (χ4n) is 2.75. The molecule has 0 aromatic carbocycles. The second-order valence-electron chi connectivity index (χ2n) is 5.52. The molecule has 2 amide bonds. The third kappa shape index (κ3) is 3.96. The number of carbonyl (C=O) groups is 1. The van der Waals surface area contributed by atoms with Gasteiger partial charge in [-0.25, -0.2) is 13.2 Å². The van der Waals surface area contributed by atoms with Gasteiger partial charge in [0.2, 0.25) is 0 Å². The third-order valence-electron chi connectivity index (χ3n) is 4.05. The van der Waals surface area contributed by atoms with Crippen molar-refractivity contribution in [1.29, 1.82) is 0 Å². The Morgan fingerprint density at radius 3 is 2.53 bits per heavy atom. The van der Waals surface area contributed by atoms with E-state index in [0.29, 0.717) is 12.3 Å². The number of nitrogens with zero attached hydrogens (tertiary/aromatic N) is 1. The topological polar surface area (TPSA) is 66.5 Å². The summed E-state index contributed by atoms with van der Waals surface area (Å²) in [5, 5.41) is 2.73.